The average Bonchev–Trinajstić information content (AvgIpc) is 2.38. The number of hydrogen-bond donors (Lipinski definition) is 1. The first-order valence-electron chi connectivity index (χ1n) is 5.98. The third kappa shape index (κ3) is 3.39. The lowest BCUT2D eigenvalue weighted by Crippen LogP contribution is -2.46. The summed E-state index contributed by atoms with van der Waals surface area (Å²) in [5, 5.41) is 3.30. The van der Waals surface area contributed by atoms with Crippen LogP contribution in [0.4, 0.5) is 0 Å². The molecule has 1 atom stereocenters. The number of nitrogens with zero attached hydrogens (tertiary/aromatic N) is 3. The zero-order valence-corrected chi connectivity index (χ0v) is 11.1. The molecule has 1 aliphatic heterocycles. The Morgan fingerprint density at radius 1 is 1.11 bits per heavy atom. The highest BCUT2D eigenvalue weighted by Crippen LogP contribution is 2.21. The quantitative estimate of drug-likeness (QED) is 0.922. The molecule has 5 nitrogen and oxygen atoms in total. The van der Waals surface area contributed by atoms with E-state index < -0.39 is 0 Å². The van der Waals surface area contributed by atoms with E-state index in [1.54, 1.807) is 24.8 Å². The van der Waals surface area contributed by atoms with Crippen LogP contribution in [-0.2, 0) is 0 Å². The van der Waals surface area contributed by atoms with Gasteiger partial charge in [-0.05, 0) is 19.0 Å². The monoisotopic (exact) mass is 278 g/mol. The van der Waals surface area contributed by atoms with Crippen LogP contribution in [0.15, 0.2) is 37.2 Å². The van der Waals surface area contributed by atoms with Crippen molar-refractivity contribution in [2.24, 2.45) is 0 Å². The van der Waals surface area contributed by atoms with Crippen LogP contribution in [0.3, 0.4) is 0 Å². The van der Waals surface area contributed by atoms with Gasteiger partial charge in [0, 0.05) is 35.8 Å². The predicted molar refractivity (Wildman–Crippen MR) is 74.4 cm³/mol. The van der Waals surface area contributed by atoms with Crippen LogP contribution in [0.1, 0.15) is 6.42 Å². The number of nitrogens with one attached hydrogen (secondary N) is 1. The summed E-state index contributed by atoms with van der Waals surface area (Å²) in [4.78, 5) is 12.2. The molecule has 6 heteroatoms. The Morgan fingerprint density at radius 3 is 2.53 bits per heavy atom. The van der Waals surface area contributed by atoms with Gasteiger partial charge in [0.15, 0.2) is 0 Å². The van der Waals surface area contributed by atoms with Crippen LogP contribution in [-0.4, -0.2) is 34.1 Å². The molecule has 0 bridgehead atoms. The zero-order valence-electron chi connectivity index (χ0n) is 10.3. The van der Waals surface area contributed by atoms with E-state index in [0.29, 0.717) is 12.6 Å². The van der Waals surface area contributed by atoms with Crippen LogP contribution in [0.2, 0.25) is 0 Å². The van der Waals surface area contributed by atoms with E-state index in [4.69, 9.17) is 4.74 Å². The lowest BCUT2D eigenvalue weighted by Gasteiger charge is -2.27. The van der Waals surface area contributed by atoms with Crippen molar-refractivity contribution in [2.75, 3.05) is 13.2 Å². The SMILES string of the molecule is Cl.c1ncc(-c2cncc(OC[C@@H]3CCN3)c2)cn1. The molecule has 2 aromatic rings. The van der Waals surface area contributed by atoms with Crippen molar-refractivity contribution in [3.05, 3.63) is 37.2 Å². The van der Waals surface area contributed by atoms with E-state index >= 15 is 0 Å². The van der Waals surface area contributed by atoms with Crippen molar-refractivity contribution in [2.45, 2.75) is 12.5 Å². The van der Waals surface area contributed by atoms with Crippen LogP contribution in [0, 0.1) is 0 Å². The van der Waals surface area contributed by atoms with Gasteiger partial charge >= 0.3 is 0 Å². The fraction of sp³-hybridized carbons (Fsp3) is 0.308. The van der Waals surface area contributed by atoms with Crippen LogP contribution in [0.25, 0.3) is 11.1 Å². The summed E-state index contributed by atoms with van der Waals surface area (Å²) in [7, 11) is 0. The van der Waals surface area contributed by atoms with Gasteiger partial charge in [-0.1, -0.05) is 0 Å². The van der Waals surface area contributed by atoms with Crippen molar-refractivity contribution in [3.8, 4) is 16.9 Å². The van der Waals surface area contributed by atoms with Gasteiger partial charge in [-0.2, -0.15) is 0 Å². The van der Waals surface area contributed by atoms with Crippen molar-refractivity contribution in [3.63, 3.8) is 0 Å². The molecular weight excluding hydrogens is 264 g/mol. The lowest BCUT2D eigenvalue weighted by molar-refractivity contribution is 0.217. The molecule has 0 amide bonds. The Morgan fingerprint density at radius 2 is 1.84 bits per heavy atom. The Balaban J connectivity index is 0.00000133. The largest absolute Gasteiger partial charge is 0.490 e. The highest BCUT2D eigenvalue weighted by Gasteiger charge is 2.16. The second kappa shape index (κ2) is 6.45. The Labute approximate surface area is 117 Å². The second-order valence-corrected chi connectivity index (χ2v) is 4.29. The van der Waals surface area contributed by atoms with Gasteiger partial charge in [-0.15, -0.1) is 12.4 Å². The van der Waals surface area contributed by atoms with Gasteiger partial charge < -0.3 is 10.1 Å². The minimum absolute atomic E-state index is 0. The molecule has 1 aliphatic rings. The zero-order chi connectivity index (χ0) is 12.2. The molecule has 2 aromatic heterocycles. The van der Waals surface area contributed by atoms with E-state index in [2.05, 4.69) is 20.3 Å². The maximum absolute atomic E-state index is 5.71. The standard InChI is InChI=1S/C13H14N4O.ClH/c1-2-17-12(1)8-18-13-3-10(4-14-7-13)11-5-15-9-16-6-11;/h3-7,9,12,17H,1-2,8H2;1H/t12-;/m0./s1. The fourth-order valence-electron chi connectivity index (χ4n) is 1.79. The molecule has 19 heavy (non-hydrogen) atoms. The topological polar surface area (TPSA) is 59.9 Å². The molecule has 3 rings (SSSR count). The summed E-state index contributed by atoms with van der Waals surface area (Å²) >= 11 is 0. The van der Waals surface area contributed by atoms with Gasteiger partial charge in [-0.25, -0.2) is 9.97 Å². The second-order valence-electron chi connectivity index (χ2n) is 4.29. The number of hydrogen-bond acceptors (Lipinski definition) is 5. The summed E-state index contributed by atoms with van der Waals surface area (Å²) in [5.74, 6) is 0.782. The van der Waals surface area contributed by atoms with Crippen molar-refractivity contribution in [1.82, 2.24) is 20.3 Å². The highest BCUT2D eigenvalue weighted by atomic mass is 35.5. The number of ether oxygens (including phenoxy) is 1. The van der Waals surface area contributed by atoms with Crippen molar-refractivity contribution < 1.29 is 4.74 Å². The molecule has 0 unspecified atom stereocenters. The molecule has 0 radical (unpaired) electrons. The summed E-state index contributed by atoms with van der Waals surface area (Å²) in [6.45, 7) is 1.78. The summed E-state index contributed by atoms with van der Waals surface area (Å²) in [6.07, 6.45) is 9.74. The molecule has 0 saturated carbocycles. The van der Waals surface area contributed by atoms with Crippen molar-refractivity contribution in [1.29, 1.82) is 0 Å². The minimum atomic E-state index is 0. The van der Waals surface area contributed by atoms with Gasteiger partial charge in [0.25, 0.3) is 0 Å². The molecular formula is C13H15ClN4O. The van der Waals surface area contributed by atoms with Crippen LogP contribution in [0.5, 0.6) is 5.75 Å². The van der Waals surface area contributed by atoms with Crippen molar-refractivity contribution >= 4 is 12.4 Å². The predicted octanol–water partition coefficient (Wildman–Crippen LogP) is 1.70. The van der Waals surface area contributed by atoms with E-state index in [1.165, 1.54) is 12.7 Å². The number of pyridine rings is 1. The Bertz CT molecular complexity index is 519. The molecule has 1 saturated heterocycles. The Kier molecular flexibility index (Phi) is 4.65. The van der Waals surface area contributed by atoms with Gasteiger partial charge in [0.05, 0.1) is 6.20 Å². The molecule has 100 valence electrons. The first-order chi connectivity index (χ1) is 8.92. The summed E-state index contributed by atoms with van der Waals surface area (Å²) in [5.41, 5.74) is 1.91. The number of aromatic nitrogens is 3. The first kappa shape index (κ1) is 13.7. The number of halogens is 1. The molecule has 1 N–H and O–H groups in total. The maximum atomic E-state index is 5.71. The van der Waals surface area contributed by atoms with Gasteiger partial charge in [0.1, 0.15) is 18.7 Å². The van der Waals surface area contributed by atoms with E-state index in [-0.39, 0.29) is 12.4 Å². The fourth-order valence-corrected chi connectivity index (χ4v) is 1.79. The molecule has 0 aliphatic carbocycles. The van der Waals surface area contributed by atoms with E-state index in [0.717, 1.165) is 23.4 Å². The smallest absolute Gasteiger partial charge is 0.138 e. The molecule has 1 fully saturated rings. The molecule has 3 heterocycles. The van der Waals surface area contributed by atoms with E-state index in [1.807, 2.05) is 6.07 Å². The lowest BCUT2D eigenvalue weighted by atomic mass is 10.1. The maximum Gasteiger partial charge on any atom is 0.138 e. The minimum Gasteiger partial charge on any atom is -0.490 e. The van der Waals surface area contributed by atoms with Crippen LogP contribution < -0.4 is 10.1 Å². The third-order valence-corrected chi connectivity index (χ3v) is 2.98. The van der Waals surface area contributed by atoms with Crippen LogP contribution >= 0.6 is 12.4 Å². The average molecular weight is 279 g/mol. The Hall–Kier alpha value is -1.72. The van der Waals surface area contributed by atoms with Gasteiger partial charge in [0.2, 0.25) is 0 Å². The summed E-state index contributed by atoms with van der Waals surface area (Å²) in [6, 6.07) is 2.44. The third-order valence-electron chi connectivity index (χ3n) is 2.98. The first-order valence-corrected chi connectivity index (χ1v) is 5.98. The van der Waals surface area contributed by atoms with Gasteiger partial charge in [-0.3, -0.25) is 4.98 Å². The normalized spacial score (nSPS) is 17.2. The number of rotatable bonds is 4. The summed E-state index contributed by atoms with van der Waals surface area (Å²) < 4.78 is 5.71. The van der Waals surface area contributed by atoms with E-state index in [9.17, 15) is 0 Å². The molecule has 0 aromatic carbocycles. The highest BCUT2D eigenvalue weighted by molar-refractivity contribution is 5.85. The molecule has 0 spiro atoms.